The summed E-state index contributed by atoms with van der Waals surface area (Å²) in [7, 11) is 3.34. The lowest BCUT2D eigenvalue weighted by atomic mass is 9.91. The molecule has 6 heterocycles. The van der Waals surface area contributed by atoms with Crippen molar-refractivity contribution in [2.45, 2.75) is 253 Å². The van der Waals surface area contributed by atoms with Crippen LogP contribution < -0.4 is 18.9 Å². The number of hydrogen-bond acceptors (Lipinski definition) is 22. The van der Waals surface area contributed by atoms with Crippen LogP contribution in [0.1, 0.15) is 176 Å². The minimum absolute atomic E-state index is 0.335. The highest BCUT2D eigenvalue weighted by Crippen LogP contribution is 2.36. The van der Waals surface area contributed by atoms with Crippen LogP contribution in [0.15, 0.2) is 203 Å². The summed E-state index contributed by atoms with van der Waals surface area (Å²) in [5, 5.41) is 7.78. The SMILES string of the molecule is Brc1ccc(CCO[C@H]2CCCCC2N2CCOCC2)cc1.Brc1ccc(OCCO[C@H]2CCCCC2N2CCOCC2)cc1.COc1ccc(CCO[C@H]2CCCCC2N2CCOCC2)cc1OC.c1ccc2c(CCO[C@H]3CCCCC3N3CCOCC3)cccc2c1.c1ccc2cc(CCO[C@H]3CCCCC3N3CCOCC3)ccc2c1.c1ccc2cc(OCCO[C@H]3CCCCC3N3CCOCC3)ccc2c1. The number of halogens is 2. The van der Waals surface area contributed by atoms with Crippen LogP contribution in [0, 0.1) is 0 Å². The Bertz CT molecular complexity index is 5100. The molecule has 0 amide bonds. The molecule has 21 rings (SSSR count). The van der Waals surface area contributed by atoms with Gasteiger partial charge in [-0.3, -0.25) is 29.4 Å². The molecule has 6 unspecified atom stereocenters. The molecule has 12 fully saturated rings. The van der Waals surface area contributed by atoms with Crippen LogP contribution in [0.25, 0.3) is 32.3 Å². The fourth-order valence-electron chi connectivity index (χ4n) is 24.0. The largest absolute Gasteiger partial charge is 0.493 e. The van der Waals surface area contributed by atoms with Gasteiger partial charge < -0.3 is 75.8 Å². The average molecular weight is 2140 g/mol. The molecule has 0 aromatic heterocycles. The fraction of sp³-hybridized carbons (Fsp3) is 0.607. The van der Waals surface area contributed by atoms with Crippen molar-refractivity contribution in [3.05, 3.63) is 225 Å². The molecule has 0 radical (unpaired) electrons. The van der Waals surface area contributed by atoms with Gasteiger partial charge in [0.2, 0.25) is 0 Å². The summed E-state index contributed by atoms with van der Waals surface area (Å²) >= 11 is 6.91. The molecule has 12 aliphatic rings. The predicted octanol–water partition coefficient (Wildman–Crippen LogP) is 22.0. The molecule has 6 aliphatic heterocycles. The first-order valence-electron chi connectivity index (χ1n) is 56.2. The summed E-state index contributed by atoms with van der Waals surface area (Å²) in [5.41, 5.74) is 5.34. The van der Waals surface area contributed by atoms with Gasteiger partial charge >= 0.3 is 0 Å². The summed E-state index contributed by atoms with van der Waals surface area (Å²) in [6.07, 6.45) is 36.5. The minimum atomic E-state index is 0.335. The van der Waals surface area contributed by atoms with E-state index in [1.54, 1.807) is 14.2 Å². The Morgan fingerprint density at radius 1 is 0.240 bits per heavy atom. The summed E-state index contributed by atoms with van der Waals surface area (Å²) < 4.78 is 95.4. The molecular formula is C122H170Br2N6O16. The predicted molar refractivity (Wildman–Crippen MR) is 592 cm³/mol. The molecule has 6 aliphatic carbocycles. The van der Waals surface area contributed by atoms with Gasteiger partial charge in [0.1, 0.15) is 24.7 Å². The first-order chi connectivity index (χ1) is 72.2. The number of methoxy groups -OCH3 is 2. The number of hydrogen-bond donors (Lipinski definition) is 0. The van der Waals surface area contributed by atoms with Crippen molar-refractivity contribution in [3.63, 3.8) is 0 Å². The van der Waals surface area contributed by atoms with E-state index in [2.05, 4.69) is 213 Å². The van der Waals surface area contributed by atoms with Gasteiger partial charge in [-0.2, -0.15) is 0 Å². The van der Waals surface area contributed by atoms with Crippen molar-refractivity contribution in [2.75, 3.05) is 225 Å². The standard InChI is InChI=1S/C22H29NO3.2C22H29NO2.C20H31NO4.C18H26BrNO3.C18H26BrNO2/c1-2-6-19-17-20(10-9-18(19)5-1)25-15-16-26-22-8-4-3-7-21(22)23-11-13-24-14-12-23;1-2-9-20-18(6-1)7-5-8-19(20)12-15-25-22-11-4-3-10-21(22)23-13-16-24-17-14-23;1-2-6-20-17-18(9-10-19(20)5-1)11-14-25-22-8-4-3-7-21(22)23-12-15-24-16-13-23;1-22-19-8-7-16(15-20(19)23-2)9-12-25-18-6-4-3-5-17(18)21-10-13-24-14-11-21;19-15-5-7-16(8-6-15)22-13-14-23-18-4-2-1-3-17(18)20-9-11-21-12-10-20;19-16-7-5-15(6-8-16)9-12-22-18-4-2-1-3-17(18)20-10-13-21-14-11-20/h1-2,5-6,9-10,17,21-22H,3-4,7-8,11-16H2;1-2,5-9,21-22H,3-4,10-17H2;1-2,5-6,9-10,17,21-22H,3-4,7-8,11-16H2;7-8,15,17-18H,3-6,9-14H2,1-2H3;5-8,17-18H,1-4,9-14H2;5-8,17-18H,1-4,9-14H2/t3*21?,22-;3*17?,18-/m000000/s1. The Morgan fingerprint density at radius 3 is 0.918 bits per heavy atom. The van der Waals surface area contributed by atoms with Crippen molar-refractivity contribution in [2.24, 2.45) is 0 Å². The maximum atomic E-state index is 6.42. The number of ether oxygens (including phenoxy) is 16. The van der Waals surface area contributed by atoms with Crippen molar-refractivity contribution < 1.29 is 75.8 Å². The smallest absolute Gasteiger partial charge is 0.160 e. The molecular weight excluding hydrogens is 1970 g/mol. The first kappa shape index (κ1) is 112. The molecule has 798 valence electrons. The summed E-state index contributed by atoms with van der Waals surface area (Å²) in [5.74, 6) is 3.36. The van der Waals surface area contributed by atoms with E-state index in [0.29, 0.717) is 99.3 Å². The van der Waals surface area contributed by atoms with Crippen LogP contribution >= 0.6 is 31.9 Å². The highest BCUT2D eigenvalue weighted by Gasteiger charge is 2.39. The normalized spacial score (nSPS) is 25.5. The van der Waals surface area contributed by atoms with Gasteiger partial charge in [-0.1, -0.05) is 242 Å². The Balaban J connectivity index is 0.000000125. The number of rotatable bonds is 34. The van der Waals surface area contributed by atoms with E-state index in [0.717, 1.165) is 248 Å². The molecule has 6 saturated heterocycles. The molecule has 146 heavy (non-hydrogen) atoms. The molecule has 0 bridgehead atoms. The van der Waals surface area contributed by atoms with Crippen molar-refractivity contribution in [1.29, 1.82) is 0 Å². The summed E-state index contributed by atoms with van der Waals surface area (Å²) in [6.45, 7) is 28.8. The third kappa shape index (κ3) is 35.6. The molecule has 9 aromatic rings. The zero-order valence-corrected chi connectivity index (χ0v) is 91.0. The van der Waals surface area contributed by atoms with E-state index >= 15 is 0 Å². The molecule has 0 spiro atoms. The maximum absolute atomic E-state index is 6.42. The molecule has 6 saturated carbocycles. The maximum Gasteiger partial charge on any atom is 0.160 e. The van der Waals surface area contributed by atoms with Crippen LogP contribution in [0.4, 0.5) is 0 Å². The second-order valence-corrected chi connectivity index (χ2v) is 43.1. The van der Waals surface area contributed by atoms with Gasteiger partial charge in [0.15, 0.2) is 11.5 Å². The topological polar surface area (TPSA) is 167 Å². The minimum Gasteiger partial charge on any atom is -0.493 e. The van der Waals surface area contributed by atoms with E-state index in [-0.39, 0.29) is 0 Å². The number of morpholine rings is 6. The van der Waals surface area contributed by atoms with Gasteiger partial charge in [-0.15, -0.1) is 0 Å². The molecule has 9 aromatic carbocycles. The van der Waals surface area contributed by atoms with Crippen LogP contribution in [0.3, 0.4) is 0 Å². The average Bonchev–Trinajstić information content (AvgIpc) is 0.843. The zero-order valence-electron chi connectivity index (χ0n) is 87.8. The number of fused-ring (bicyclic) bond motifs is 3. The van der Waals surface area contributed by atoms with Gasteiger partial charge in [-0.25, -0.2) is 0 Å². The molecule has 12 atom stereocenters. The monoisotopic (exact) mass is 2130 g/mol. The van der Waals surface area contributed by atoms with Crippen LogP contribution in [0.5, 0.6) is 23.0 Å². The number of benzene rings is 9. The zero-order chi connectivity index (χ0) is 100.0. The lowest BCUT2D eigenvalue weighted by molar-refractivity contribution is -0.0699. The van der Waals surface area contributed by atoms with Gasteiger partial charge in [-0.05, 0) is 218 Å². The van der Waals surface area contributed by atoms with E-state index in [1.807, 2.05) is 42.5 Å². The second-order valence-electron chi connectivity index (χ2n) is 41.3. The van der Waals surface area contributed by atoms with Crippen LogP contribution in [-0.2, 0) is 82.5 Å². The highest BCUT2D eigenvalue weighted by molar-refractivity contribution is 9.10. The Morgan fingerprint density at radius 2 is 0.527 bits per heavy atom. The van der Waals surface area contributed by atoms with Gasteiger partial charge in [0.25, 0.3) is 0 Å². The summed E-state index contributed by atoms with van der Waals surface area (Å²) in [4.78, 5) is 15.5. The highest BCUT2D eigenvalue weighted by atomic mass is 79.9. The van der Waals surface area contributed by atoms with Gasteiger partial charge in [0, 0.05) is 124 Å². The Hall–Kier alpha value is -6.80. The van der Waals surface area contributed by atoms with Gasteiger partial charge in [0.05, 0.1) is 170 Å². The van der Waals surface area contributed by atoms with Crippen LogP contribution in [-0.4, -0.2) is 327 Å². The van der Waals surface area contributed by atoms with E-state index in [9.17, 15) is 0 Å². The Labute approximate surface area is 889 Å². The lowest BCUT2D eigenvalue weighted by Crippen LogP contribution is -2.51. The fourth-order valence-corrected chi connectivity index (χ4v) is 24.5. The molecule has 22 nitrogen and oxygen atoms in total. The lowest BCUT2D eigenvalue weighted by Gasteiger charge is -2.41. The first-order valence-corrected chi connectivity index (χ1v) is 57.8. The van der Waals surface area contributed by atoms with Crippen molar-refractivity contribution in [3.8, 4) is 23.0 Å². The van der Waals surface area contributed by atoms with Crippen molar-refractivity contribution >= 4 is 64.2 Å². The third-order valence-corrected chi connectivity index (χ3v) is 33.0. The van der Waals surface area contributed by atoms with E-state index in [4.69, 9.17) is 75.8 Å². The number of nitrogens with zero attached hydrogens (tertiary/aromatic N) is 6. The molecule has 24 heteroatoms. The third-order valence-electron chi connectivity index (χ3n) is 31.9. The summed E-state index contributed by atoms with van der Waals surface area (Å²) in [6, 6.07) is 71.2. The molecule has 0 N–H and O–H groups in total. The van der Waals surface area contributed by atoms with Crippen LogP contribution in [0.2, 0.25) is 0 Å². The second kappa shape index (κ2) is 63.0. The Kier molecular flexibility index (Phi) is 48.3. The quantitative estimate of drug-likeness (QED) is 0.0349. The van der Waals surface area contributed by atoms with Crippen molar-refractivity contribution in [1.82, 2.24) is 29.4 Å². The van der Waals surface area contributed by atoms with E-state index in [1.165, 1.54) is 202 Å². The van der Waals surface area contributed by atoms with E-state index < -0.39 is 0 Å².